The van der Waals surface area contributed by atoms with Gasteiger partial charge in [-0.3, -0.25) is 0 Å². The van der Waals surface area contributed by atoms with E-state index in [1.54, 1.807) is 12.2 Å². The standard InChI is InChI=1S/C17H17BrN2/c1-3-8-15(9-4-2)17(20-13-18)12-16(19)14-10-6-5-7-11-14/h3-13,19H,1H2,2H3/b9-4-,15-8+,17-12-,19-16?,20-13+. The van der Waals surface area contributed by atoms with E-state index in [1.807, 2.05) is 55.5 Å². The van der Waals surface area contributed by atoms with Gasteiger partial charge in [0.05, 0.1) is 16.5 Å². The molecule has 0 fully saturated rings. The van der Waals surface area contributed by atoms with Crippen molar-refractivity contribution in [1.82, 2.24) is 0 Å². The average molecular weight is 329 g/mol. The number of halogens is 1. The minimum absolute atomic E-state index is 0.415. The van der Waals surface area contributed by atoms with E-state index in [9.17, 15) is 0 Å². The molecule has 0 aliphatic heterocycles. The van der Waals surface area contributed by atoms with Gasteiger partial charge in [-0.1, -0.05) is 61.2 Å². The maximum Gasteiger partial charge on any atom is 0.0729 e. The number of hydrogen-bond donors (Lipinski definition) is 1. The summed E-state index contributed by atoms with van der Waals surface area (Å²) in [5, 5.41) is 9.69. The van der Waals surface area contributed by atoms with Gasteiger partial charge in [-0.25, -0.2) is 4.99 Å². The molecule has 0 saturated carbocycles. The zero-order valence-corrected chi connectivity index (χ0v) is 13.0. The minimum Gasteiger partial charge on any atom is -0.300 e. The molecule has 0 spiro atoms. The van der Waals surface area contributed by atoms with Crippen molar-refractivity contribution in [1.29, 1.82) is 5.41 Å². The van der Waals surface area contributed by atoms with Gasteiger partial charge in [0, 0.05) is 0 Å². The molecule has 1 rings (SSSR count). The Balaban J connectivity index is 3.19. The van der Waals surface area contributed by atoms with Crippen LogP contribution in [-0.4, -0.2) is 10.8 Å². The Labute approximate surface area is 128 Å². The number of aliphatic imine (C=N–C) groups is 1. The lowest BCUT2D eigenvalue weighted by Crippen LogP contribution is -1.97. The van der Waals surface area contributed by atoms with E-state index in [2.05, 4.69) is 27.5 Å². The maximum atomic E-state index is 8.15. The van der Waals surface area contributed by atoms with Gasteiger partial charge in [0.2, 0.25) is 0 Å². The summed E-state index contributed by atoms with van der Waals surface area (Å²) in [5.41, 5.74) is 2.87. The van der Waals surface area contributed by atoms with Crippen molar-refractivity contribution in [3.8, 4) is 0 Å². The summed E-state index contributed by atoms with van der Waals surface area (Å²) in [4.78, 5) is 4.27. The number of benzene rings is 1. The van der Waals surface area contributed by atoms with Crippen molar-refractivity contribution in [2.24, 2.45) is 4.99 Å². The van der Waals surface area contributed by atoms with Crippen LogP contribution in [0.5, 0.6) is 0 Å². The summed E-state index contributed by atoms with van der Waals surface area (Å²) >= 11 is 3.19. The molecule has 2 nitrogen and oxygen atoms in total. The van der Waals surface area contributed by atoms with Gasteiger partial charge in [-0.05, 0) is 40.1 Å². The van der Waals surface area contributed by atoms with Gasteiger partial charge < -0.3 is 5.41 Å². The van der Waals surface area contributed by atoms with Crippen LogP contribution in [-0.2, 0) is 0 Å². The largest absolute Gasteiger partial charge is 0.300 e. The molecule has 0 aliphatic carbocycles. The van der Waals surface area contributed by atoms with E-state index in [0.29, 0.717) is 11.4 Å². The summed E-state index contributed by atoms with van der Waals surface area (Å²) in [6, 6.07) is 9.57. The fourth-order valence-electron chi connectivity index (χ4n) is 1.62. The summed E-state index contributed by atoms with van der Waals surface area (Å²) in [6.07, 6.45) is 9.18. The first-order chi connectivity index (χ1) is 9.72. The van der Waals surface area contributed by atoms with Gasteiger partial charge >= 0.3 is 0 Å². The second-order valence-electron chi connectivity index (χ2n) is 3.89. The highest BCUT2D eigenvalue weighted by atomic mass is 79.9. The monoisotopic (exact) mass is 328 g/mol. The summed E-state index contributed by atoms with van der Waals surface area (Å²) < 4.78 is 0. The number of nitrogens with one attached hydrogen (secondary N) is 1. The highest BCUT2D eigenvalue weighted by Gasteiger charge is 2.03. The topological polar surface area (TPSA) is 36.2 Å². The molecule has 0 atom stereocenters. The average Bonchev–Trinajstić information content (AvgIpc) is 2.47. The fourth-order valence-corrected chi connectivity index (χ4v) is 1.84. The lowest BCUT2D eigenvalue weighted by Gasteiger charge is -2.04. The number of allylic oxidation sites excluding steroid dienone is 5. The molecule has 102 valence electrons. The Morgan fingerprint density at radius 1 is 1.30 bits per heavy atom. The van der Waals surface area contributed by atoms with Crippen molar-refractivity contribution >= 4 is 26.8 Å². The molecule has 20 heavy (non-hydrogen) atoms. The van der Waals surface area contributed by atoms with Crippen LogP contribution in [0.15, 0.2) is 83.6 Å². The van der Waals surface area contributed by atoms with Crippen LogP contribution < -0.4 is 0 Å². The van der Waals surface area contributed by atoms with Crippen LogP contribution >= 0.6 is 15.9 Å². The van der Waals surface area contributed by atoms with Gasteiger partial charge in [0.15, 0.2) is 0 Å². The number of rotatable bonds is 6. The van der Waals surface area contributed by atoms with Crippen LogP contribution in [0.1, 0.15) is 12.5 Å². The Morgan fingerprint density at radius 2 is 2.00 bits per heavy atom. The Kier molecular flexibility index (Phi) is 7.22. The Morgan fingerprint density at radius 3 is 2.55 bits per heavy atom. The maximum absolute atomic E-state index is 8.15. The lowest BCUT2D eigenvalue weighted by atomic mass is 10.1. The van der Waals surface area contributed by atoms with E-state index in [-0.39, 0.29) is 0 Å². The molecule has 0 radical (unpaired) electrons. The molecule has 1 aromatic carbocycles. The van der Waals surface area contributed by atoms with Crippen LogP contribution in [0.2, 0.25) is 0 Å². The van der Waals surface area contributed by atoms with Gasteiger partial charge in [-0.15, -0.1) is 0 Å². The second-order valence-corrected chi connectivity index (χ2v) is 4.30. The third kappa shape index (κ3) is 4.94. The van der Waals surface area contributed by atoms with E-state index in [4.69, 9.17) is 5.41 Å². The summed E-state index contributed by atoms with van der Waals surface area (Å²) in [6.45, 7) is 5.65. The normalized spacial score (nSPS) is 13.1. The first kappa shape index (κ1) is 16.1. The van der Waals surface area contributed by atoms with E-state index in [1.165, 1.54) is 5.12 Å². The van der Waals surface area contributed by atoms with E-state index >= 15 is 0 Å². The molecule has 3 heteroatoms. The van der Waals surface area contributed by atoms with Crippen molar-refractivity contribution < 1.29 is 0 Å². The van der Waals surface area contributed by atoms with Crippen molar-refractivity contribution in [2.75, 3.05) is 0 Å². The third-order valence-corrected chi connectivity index (χ3v) is 2.70. The van der Waals surface area contributed by atoms with Crippen molar-refractivity contribution in [3.63, 3.8) is 0 Å². The highest BCUT2D eigenvalue weighted by molar-refractivity contribution is 9.17. The molecule has 1 aromatic rings. The highest BCUT2D eigenvalue weighted by Crippen LogP contribution is 2.15. The van der Waals surface area contributed by atoms with Gasteiger partial charge in [-0.2, -0.15) is 0 Å². The van der Waals surface area contributed by atoms with E-state index < -0.39 is 0 Å². The molecule has 0 bridgehead atoms. The molecule has 0 aliphatic rings. The first-order valence-electron chi connectivity index (χ1n) is 6.17. The number of nitrogens with zero attached hydrogens (tertiary/aromatic N) is 1. The SMILES string of the molecule is C=C/C=C(\C=C/C)C(=C/C(=N)c1ccccc1)/N=C/Br. The fraction of sp³-hybridized carbons (Fsp3) is 0.0588. The predicted octanol–water partition coefficient (Wildman–Crippen LogP) is 5.05. The summed E-state index contributed by atoms with van der Waals surface area (Å²) in [7, 11) is 0. The molecule has 0 amide bonds. The third-order valence-electron chi connectivity index (χ3n) is 2.49. The lowest BCUT2D eigenvalue weighted by molar-refractivity contribution is 1.35. The van der Waals surface area contributed by atoms with Gasteiger partial charge in [0.1, 0.15) is 0 Å². The molecular formula is C17H17BrN2. The smallest absolute Gasteiger partial charge is 0.0729 e. The summed E-state index contributed by atoms with van der Waals surface area (Å²) in [5.74, 6) is 0. The van der Waals surface area contributed by atoms with Crippen molar-refractivity contribution in [2.45, 2.75) is 6.92 Å². The zero-order valence-electron chi connectivity index (χ0n) is 11.4. The molecule has 0 unspecified atom stereocenters. The minimum atomic E-state index is 0.415. The first-order valence-corrected chi connectivity index (χ1v) is 7.08. The zero-order chi connectivity index (χ0) is 14.8. The van der Waals surface area contributed by atoms with E-state index in [0.717, 1.165) is 11.1 Å². The van der Waals surface area contributed by atoms with Gasteiger partial charge in [0.25, 0.3) is 0 Å². The molecular weight excluding hydrogens is 312 g/mol. The second kappa shape index (κ2) is 8.99. The number of hydrogen-bond acceptors (Lipinski definition) is 2. The Hall–Kier alpha value is -2.00. The molecule has 0 aromatic heterocycles. The predicted molar refractivity (Wildman–Crippen MR) is 91.9 cm³/mol. The molecule has 0 heterocycles. The molecule has 0 saturated heterocycles. The van der Waals surface area contributed by atoms with Crippen LogP contribution in [0.3, 0.4) is 0 Å². The molecule has 1 N–H and O–H groups in total. The van der Waals surface area contributed by atoms with Crippen LogP contribution in [0, 0.1) is 5.41 Å². The van der Waals surface area contributed by atoms with Crippen LogP contribution in [0.4, 0.5) is 0 Å². The van der Waals surface area contributed by atoms with Crippen molar-refractivity contribution in [3.05, 3.63) is 84.1 Å². The van der Waals surface area contributed by atoms with Crippen LogP contribution in [0.25, 0.3) is 0 Å². The quantitative estimate of drug-likeness (QED) is 0.560. The Bertz CT molecular complexity index is 578.